The number of aromatic nitrogens is 2. The minimum absolute atomic E-state index is 0.165. The highest BCUT2D eigenvalue weighted by molar-refractivity contribution is 7.99. The number of thioether (sulfide) groups is 1. The van der Waals surface area contributed by atoms with Gasteiger partial charge >= 0.3 is 11.7 Å². The number of hydrogen-bond donors (Lipinski definition) is 2. The van der Waals surface area contributed by atoms with Crippen molar-refractivity contribution in [1.29, 1.82) is 0 Å². The molecule has 0 radical (unpaired) electrons. The quantitative estimate of drug-likeness (QED) is 0.236. The summed E-state index contributed by atoms with van der Waals surface area (Å²) in [7, 11) is 1.29. The van der Waals surface area contributed by atoms with Crippen molar-refractivity contribution in [2.45, 2.75) is 33.7 Å². The number of benzene rings is 1. The fourth-order valence-electron chi connectivity index (χ4n) is 2.91. The molecule has 0 spiro atoms. The number of allylic oxidation sites excluding steroid dienone is 1. The molecular formula is C22H29N3O5S. The van der Waals surface area contributed by atoms with Gasteiger partial charge in [-0.2, -0.15) is 11.8 Å². The van der Waals surface area contributed by atoms with Crippen molar-refractivity contribution in [3.63, 3.8) is 0 Å². The molecule has 168 valence electrons. The maximum atomic E-state index is 12.4. The molecule has 1 heterocycles. The van der Waals surface area contributed by atoms with Crippen molar-refractivity contribution in [3.05, 3.63) is 68.1 Å². The number of H-pyrrole nitrogens is 1. The van der Waals surface area contributed by atoms with Crippen LogP contribution in [-0.4, -0.2) is 40.7 Å². The summed E-state index contributed by atoms with van der Waals surface area (Å²) in [4.78, 5) is 38.9. The first-order valence-corrected chi connectivity index (χ1v) is 11.2. The number of aryl methyl sites for hydroxylation is 2. The molecule has 0 saturated heterocycles. The number of rotatable bonds is 11. The number of carbonyl (C=O) groups excluding carboxylic acids is 1. The highest BCUT2D eigenvalue weighted by atomic mass is 32.2. The van der Waals surface area contributed by atoms with Gasteiger partial charge in [0.2, 0.25) is 0 Å². The van der Waals surface area contributed by atoms with Gasteiger partial charge in [-0.1, -0.05) is 13.0 Å². The number of hydrogen-bond acceptors (Lipinski definition) is 7. The van der Waals surface area contributed by atoms with Crippen LogP contribution in [0.15, 0.2) is 45.7 Å². The Morgan fingerprint density at radius 1 is 1.26 bits per heavy atom. The molecule has 0 aliphatic rings. The van der Waals surface area contributed by atoms with Gasteiger partial charge in [0.25, 0.3) is 5.56 Å². The van der Waals surface area contributed by atoms with E-state index in [9.17, 15) is 14.4 Å². The van der Waals surface area contributed by atoms with Gasteiger partial charge in [0.15, 0.2) is 5.76 Å². The second-order valence-electron chi connectivity index (χ2n) is 6.70. The second kappa shape index (κ2) is 12.0. The molecule has 2 N–H and O–H groups in total. The Hall–Kier alpha value is -2.94. The highest BCUT2D eigenvalue weighted by Crippen LogP contribution is 2.18. The van der Waals surface area contributed by atoms with Crippen LogP contribution >= 0.6 is 11.8 Å². The number of anilines is 2. The van der Waals surface area contributed by atoms with Crippen LogP contribution in [0.4, 0.5) is 11.5 Å². The fourth-order valence-corrected chi connectivity index (χ4v) is 3.63. The molecule has 0 unspecified atom stereocenters. The average molecular weight is 448 g/mol. The van der Waals surface area contributed by atoms with E-state index in [2.05, 4.69) is 22.0 Å². The fraction of sp³-hybridized carbons (Fsp3) is 0.409. The molecule has 2 rings (SSSR count). The van der Waals surface area contributed by atoms with E-state index in [1.165, 1.54) is 36.1 Å². The highest BCUT2D eigenvalue weighted by Gasteiger charge is 2.09. The Kier molecular flexibility index (Phi) is 9.45. The van der Waals surface area contributed by atoms with Crippen LogP contribution in [0, 0.1) is 6.92 Å². The smallest absolute Gasteiger partial charge is 0.372 e. The first kappa shape index (κ1) is 24.3. The van der Waals surface area contributed by atoms with Crippen LogP contribution in [0.3, 0.4) is 0 Å². The van der Waals surface area contributed by atoms with E-state index in [1.54, 1.807) is 13.0 Å². The molecule has 0 saturated carbocycles. The summed E-state index contributed by atoms with van der Waals surface area (Å²) in [5.74, 6) is 1.17. The van der Waals surface area contributed by atoms with E-state index in [-0.39, 0.29) is 17.9 Å². The van der Waals surface area contributed by atoms with Crippen molar-refractivity contribution in [2.24, 2.45) is 0 Å². The lowest BCUT2D eigenvalue weighted by molar-refractivity contribution is -0.140. The van der Waals surface area contributed by atoms with Gasteiger partial charge < -0.3 is 14.8 Å². The predicted octanol–water partition coefficient (Wildman–Crippen LogP) is 2.98. The van der Waals surface area contributed by atoms with Crippen LogP contribution < -0.4 is 16.6 Å². The second-order valence-corrected chi connectivity index (χ2v) is 7.93. The largest absolute Gasteiger partial charge is 0.486 e. The first-order chi connectivity index (χ1) is 14.9. The molecule has 0 bridgehead atoms. The monoisotopic (exact) mass is 447 g/mol. The zero-order valence-electron chi connectivity index (χ0n) is 18.3. The third-order valence-electron chi connectivity index (χ3n) is 4.62. The van der Waals surface area contributed by atoms with Crippen LogP contribution in [-0.2, 0) is 27.2 Å². The van der Waals surface area contributed by atoms with Crippen molar-refractivity contribution < 1.29 is 14.3 Å². The molecular weight excluding hydrogens is 418 g/mol. The minimum Gasteiger partial charge on any atom is -0.486 e. The number of nitrogens with one attached hydrogen (secondary N) is 2. The summed E-state index contributed by atoms with van der Waals surface area (Å²) in [6, 6.07) is 7.31. The number of methoxy groups -OCH3 is 1. The Labute approximate surface area is 185 Å². The third-order valence-corrected chi connectivity index (χ3v) is 5.55. The Morgan fingerprint density at radius 3 is 2.68 bits per heavy atom. The van der Waals surface area contributed by atoms with E-state index in [0.717, 1.165) is 16.7 Å². The zero-order chi connectivity index (χ0) is 22.8. The topological polar surface area (TPSA) is 102 Å². The third kappa shape index (κ3) is 7.06. The molecule has 0 fully saturated rings. The van der Waals surface area contributed by atoms with Crippen LogP contribution in [0.2, 0.25) is 0 Å². The number of aromatic amines is 1. The Balaban J connectivity index is 1.89. The van der Waals surface area contributed by atoms with Gasteiger partial charge in [0.1, 0.15) is 5.82 Å². The minimum atomic E-state index is -0.518. The summed E-state index contributed by atoms with van der Waals surface area (Å²) in [5.41, 5.74) is 2.39. The molecule has 31 heavy (non-hydrogen) atoms. The maximum Gasteiger partial charge on any atom is 0.372 e. The predicted molar refractivity (Wildman–Crippen MR) is 124 cm³/mol. The van der Waals surface area contributed by atoms with Crippen LogP contribution in [0.5, 0.6) is 0 Å². The van der Waals surface area contributed by atoms with Gasteiger partial charge in [0, 0.05) is 29.8 Å². The van der Waals surface area contributed by atoms with Crippen LogP contribution in [0.25, 0.3) is 0 Å². The molecule has 0 aliphatic heterocycles. The maximum absolute atomic E-state index is 12.4. The van der Waals surface area contributed by atoms with Crippen molar-refractivity contribution in [3.8, 4) is 0 Å². The molecule has 0 aliphatic carbocycles. The van der Waals surface area contributed by atoms with Crippen molar-refractivity contribution >= 4 is 29.2 Å². The number of nitrogens with zero attached hydrogens (tertiary/aromatic N) is 1. The van der Waals surface area contributed by atoms with E-state index < -0.39 is 11.7 Å². The summed E-state index contributed by atoms with van der Waals surface area (Å²) < 4.78 is 11.1. The number of ether oxygens (including phenoxy) is 2. The number of carbonyl (C=O) groups is 1. The SMILES string of the molecule is C/C=C(\OCCSCCn1c(=O)cc(Nc2ccc(C)c(CC)c2)[nH]c1=O)C(=O)OC. The Bertz CT molecular complexity index is 1010. The molecule has 9 heteroatoms. The van der Waals surface area contributed by atoms with E-state index in [1.807, 2.05) is 25.1 Å². The summed E-state index contributed by atoms with van der Waals surface area (Å²) >= 11 is 1.52. The van der Waals surface area contributed by atoms with Gasteiger partial charge in [-0.15, -0.1) is 0 Å². The van der Waals surface area contributed by atoms with E-state index >= 15 is 0 Å². The normalized spacial score (nSPS) is 11.3. The lowest BCUT2D eigenvalue weighted by Gasteiger charge is -2.11. The summed E-state index contributed by atoms with van der Waals surface area (Å²) in [5, 5.41) is 3.10. The Morgan fingerprint density at radius 2 is 2.03 bits per heavy atom. The molecule has 1 aromatic carbocycles. The summed E-state index contributed by atoms with van der Waals surface area (Å²) in [6.45, 7) is 6.42. The molecule has 1 aromatic heterocycles. The van der Waals surface area contributed by atoms with E-state index in [4.69, 9.17) is 4.74 Å². The van der Waals surface area contributed by atoms with Gasteiger partial charge in [-0.25, -0.2) is 9.59 Å². The molecule has 0 atom stereocenters. The standard InChI is InChI=1S/C22H29N3O5S/c1-5-16-13-17(8-7-15(16)3)23-19-14-20(26)25(22(28)24-19)9-11-31-12-10-30-18(6-2)21(27)29-4/h6-8,13-14,23H,5,9-12H2,1-4H3,(H,24,28)/b18-6-. The average Bonchev–Trinajstić information content (AvgIpc) is 2.75. The lowest BCUT2D eigenvalue weighted by Crippen LogP contribution is -2.35. The van der Waals surface area contributed by atoms with Gasteiger partial charge in [-0.05, 0) is 49.6 Å². The zero-order valence-corrected chi connectivity index (χ0v) is 19.1. The lowest BCUT2D eigenvalue weighted by atomic mass is 10.1. The molecule has 2 aromatic rings. The molecule has 0 amide bonds. The van der Waals surface area contributed by atoms with Crippen molar-refractivity contribution in [2.75, 3.05) is 30.5 Å². The number of esters is 1. The van der Waals surface area contributed by atoms with Gasteiger partial charge in [-0.3, -0.25) is 14.3 Å². The van der Waals surface area contributed by atoms with E-state index in [0.29, 0.717) is 23.9 Å². The van der Waals surface area contributed by atoms with Crippen LogP contribution in [0.1, 0.15) is 25.0 Å². The molecule has 8 nitrogen and oxygen atoms in total. The first-order valence-electron chi connectivity index (χ1n) is 10.1. The summed E-state index contributed by atoms with van der Waals surface area (Å²) in [6.07, 6.45) is 2.45. The van der Waals surface area contributed by atoms with Gasteiger partial charge in [0.05, 0.1) is 13.7 Å². The van der Waals surface area contributed by atoms with Crippen molar-refractivity contribution in [1.82, 2.24) is 9.55 Å².